The van der Waals surface area contributed by atoms with Gasteiger partial charge in [0.05, 0.1) is 6.61 Å². The van der Waals surface area contributed by atoms with Crippen molar-refractivity contribution in [1.29, 1.82) is 0 Å². The molecule has 0 radical (unpaired) electrons. The van der Waals surface area contributed by atoms with E-state index in [1.165, 1.54) is 6.42 Å². The molecule has 0 aromatic heterocycles. The molecule has 98 valence electrons. The van der Waals surface area contributed by atoms with Crippen molar-refractivity contribution in [2.75, 3.05) is 32.8 Å². The largest absolute Gasteiger partial charge is 0.465 e. The molecule has 0 atom stereocenters. The lowest BCUT2D eigenvalue weighted by Gasteiger charge is -2.31. The van der Waals surface area contributed by atoms with Crippen LogP contribution in [-0.4, -0.2) is 54.6 Å². The summed E-state index contributed by atoms with van der Waals surface area (Å²) < 4.78 is 4.86. The maximum Gasteiger partial charge on any atom is 0.325 e. The van der Waals surface area contributed by atoms with Crippen molar-refractivity contribution in [3.8, 4) is 0 Å². The van der Waals surface area contributed by atoms with E-state index in [0.29, 0.717) is 13.2 Å². The zero-order chi connectivity index (χ0) is 12.7. The summed E-state index contributed by atoms with van der Waals surface area (Å²) in [6, 6.07) is -0.0414. The first-order valence-corrected chi connectivity index (χ1v) is 6.38. The Bertz CT molecular complexity index is 262. The van der Waals surface area contributed by atoms with Crippen molar-refractivity contribution >= 4 is 12.0 Å². The summed E-state index contributed by atoms with van der Waals surface area (Å²) >= 11 is 0. The second-order valence-corrected chi connectivity index (χ2v) is 4.15. The van der Waals surface area contributed by atoms with Gasteiger partial charge in [0.15, 0.2) is 0 Å². The first-order chi connectivity index (χ1) is 8.19. The zero-order valence-electron chi connectivity index (χ0n) is 10.8. The van der Waals surface area contributed by atoms with Gasteiger partial charge in [0.25, 0.3) is 0 Å². The van der Waals surface area contributed by atoms with Gasteiger partial charge in [-0.1, -0.05) is 0 Å². The number of nitrogens with zero attached hydrogens (tertiary/aromatic N) is 2. The molecule has 5 nitrogen and oxygen atoms in total. The van der Waals surface area contributed by atoms with Crippen LogP contribution in [0.1, 0.15) is 33.1 Å². The molecule has 2 amide bonds. The summed E-state index contributed by atoms with van der Waals surface area (Å²) in [7, 11) is 0. The fourth-order valence-corrected chi connectivity index (χ4v) is 1.96. The molecule has 17 heavy (non-hydrogen) atoms. The number of likely N-dealkylation sites (N-methyl/N-ethyl adjacent to an activating group) is 1. The number of carbonyl (C=O) groups is 2. The second-order valence-electron chi connectivity index (χ2n) is 4.15. The van der Waals surface area contributed by atoms with Crippen molar-refractivity contribution < 1.29 is 14.3 Å². The molecule has 0 aliphatic carbocycles. The van der Waals surface area contributed by atoms with Crippen LogP contribution in [0.15, 0.2) is 0 Å². The predicted octanol–water partition coefficient (Wildman–Crippen LogP) is 1.48. The number of carbonyl (C=O) groups excluding carboxylic acids is 2. The van der Waals surface area contributed by atoms with Gasteiger partial charge in [0.1, 0.15) is 6.54 Å². The number of rotatable bonds is 4. The number of urea groups is 1. The summed E-state index contributed by atoms with van der Waals surface area (Å²) in [5, 5.41) is 0. The minimum Gasteiger partial charge on any atom is -0.465 e. The van der Waals surface area contributed by atoms with E-state index in [2.05, 4.69) is 0 Å². The average Bonchev–Trinajstić information content (AvgIpc) is 2.36. The normalized spacial score (nSPS) is 15.5. The first-order valence-electron chi connectivity index (χ1n) is 6.38. The van der Waals surface area contributed by atoms with Crippen LogP contribution in [0, 0.1) is 0 Å². The molecule has 1 aliphatic rings. The molecule has 1 heterocycles. The molecule has 0 saturated carbocycles. The standard InChI is InChI=1S/C12H22N2O3/c1-3-13(10-11(15)17-4-2)12(16)14-8-6-5-7-9-14/h3-10H2,1-2H3. The monoisotopic (exact) mass is 242 g/mol. The molecule has 1 fully saturated rings. The fourth-order valence-electron chi connectivity index (χ4n) is 1.96. The lowest BCUT2D eigenvalue weighted by molar-refractivity contribution is -0.143. The van der Waals surface area contributed by atoms with Gasteiger partial charge in [-0.25, -0.2) is 4.79 Å². The van der Waals surface area contributed by atoms with E-state index >= 15 is 0 Å². The van der Waals surface area contributed by atoms with Crippen molar-refractivity contribution in [2.45, 2.75) is 33.1 Å². The van der Waals surface area contributed by atoms with Crippen LogP contribution in [0.25, 0.3) is 0 Å². The highest BCUT2D eigenvalue weighted by Gasteiger charge is 2.23. The highest BCUT2D eigenvalue weighted by molar-refractivity contribution is 5.81. The van der Waals surface area contributed by atoms with Gasteiger partial charge < -0.3 is 14.5 Å². The maximum atomic E-state index is 12.1. The zero-order valence-corrected chi connectivity index (χ0v) is 10.8. The lowest BCUT2D eigenvalue weighted by atomic mass is 10.1. The Morgan fingerprint density at radius 3 is 2.35 bits per heavy atom. The molecule has 1 saturated heterocycles. The van der Waals surface area contributed by atoms with Gasteiger partial charge in [-0.3, -0.25) is 4.79 Å². The molecular weight excluding hydrogens is 220 g/mol. The Morgan fingerprint density at radius 1 is 1.18 bits per heavy atom. The Labute approximate surface area is 103 Å². The fraction of sp³-hybridized carbons (Fsp3) is 0.833. The van der Waals surface area contributed by atoms with Crippen molar-refractivity contribution in [2.24, 2.45) is 0 Å². The van der Waals surface area contributed by atoms with E-state index in [-0.39, 0.29) is 18.5 Å². The molecule has 0 aromatic carbocycles. The topological polar surface area (TPSA) is 49.9 Å². The summed E-state index contributed by atoms with van der Waals surface area (Å²) in [6.45, 7) is 6.19. The number of amides is 2. The van der Waals surface area contributed by atoms with Crippen LogP contribution in [0.4, 0.5) is 4.79 Å². The number of piperidine rings is 1. The Morgan fingerprint density at radius 2 is 1.82 bits per heavy atom. The minimum absolute atomic E-state index is 0.0414. The Hall–Kier alpha value is -1.26. The third-order valence-corrected chi connectivity index (χ3v) is 2.90. The van der Waals surface area contributed by atoms with E-state index in [1.54, 1.807) is 11.8 Å². The highest BCUT2D eigenvalue weighted by Crippen LogP contribution is 2.11. The predicted molar refractivity (Wildman–Crippen MR) is 64.7 cm³/mol. The molecule has 0 N–H and O–H groups in total. The number of hydrogen-bond donors (Lipinski definition) is 0. The Balaban J connectivity index is 2.47. The van der Waals surface area contributed by atoms with Crippen molar-refractivity contribution in [3.05, 3.63) is 0 Å². The number of ether oxygens (including phenoxy) is 1. The van der Waals surface area contributed by atoms with E-state index in [9.17, 15) is 9.59 Å². The van der Waals surface area contributed by atoms with E-state index in [4.69, 9.17) is 4.74 Å². The second kappa shape index (κ2) is 7.14. The van der Waals surface area contributed by atoms with E-state index in [0.717, 1.165) is 25.9 Å². The smallest absolute Gasteiger partial charge is 0.325 e. The van der Waals surface area contributed by atoms with Crippen LogP contribution in [-0.2, 0) is 9.53 Å². The summed E-state index contributed by atoms with van der Waals surface area (Å²) in [5.41, 5.74) is 0. The van der Waals surface area contributed by atoms with E-state index in [1.807, 2.05) is 11.8 Å². The number of esters is 1. The molecule has 0 aromatic rings. The summed E-state index contributed by atoms with van der Waals surface area (Å²) in [5.74, 6) is -0.334. The molecule has 0 unspecified atom stereocenters. The van der Waals surface area contributed by atoms with Gasteiger partial charge in [0.2, 0.25) is 0 Å². The number of hydrogen-bond acceptors (Lipinski definition) is 3. The SMILES string of the molecule is CCOC(=O)CN(CC)C(=O)N1CCCCC1. The van der Waals surface area contributed by atoms with Gasteiger partial charge in [0, 0.05) is 19.6 Å². The van der Waals surface area contributed by atoms with Crippen LogP contribution in [0.5, 0.6) is 0 Å². The number of likely N-dealkylation sites (tertiary alicyclic amines) is 1. The van der Waals surface area contributed by atoms with Crippen LogP contribution in [0.2, 0.25) is 0 Å². The van der Waals surface area contributed by atoms with Gasteiger partial charge in [-0.05, 0) is 33.1 Å². The molecule has 1 rings (SSSR count). The van der Waals surface area contributed by atoms with Crippen LogP contribution >= 0.6 is 0 Å². The van der Waals surface area contributed by atoms with Crippen LogP contribution in [0.3, 0.4) is 0 Å². The molecular formula is C12H22N2O3. The van der Waals surface area contributed by atoms with Crippen molar-refractivity contribution in [1.82, 2.24) is 9.80 Å². The average molecular weight is 242 g/mol. The lowest BCUT2D eigenvalue weighted by Crippen LogP contribution is -2.47. The quantitative estimate of drug-likeness (QED) is 0.702. The highest BCUT2D eigenvalue weighted by atomic mass is 16.5. The summed E-state index contributed by atoms with van der Waals surface area (Å²) in [4.78, 5) is 26.8. The van der Waals surface area contributed by atoms with Gasteiger partial charge >= 0.3 is 12.0 Å². The van der Waals surface area contributed by atoms with Crippen molar-refractivity contribution in [3.63, 3.8) is 0 Å². The molecule has 0 spiro atoms. The third-order valence-electron chi connectivity index (χ3n) is 2.90. The molecule has 5 heteroatoms. The first kappa shape index (κ1) is 13.8. The van der Waals surface area contributed by atoms with Gasteiger partial charge in [-0.15, -0.1) is 0 Å². The van der Waals surface area contributed by atoms with Crippen LogP contribution < -0.4 is 0 Å². The van der Waals surface area contributed by atoms with Gasteiger partial charge in [-0.2, -0.15) is 0 Å². The summed E-state index contributed by atoms with van der Waals surface area (Å²) in [6.07, 6.45) is 3.30. The molecule has 1 aliphatic heterocycles. The molecule has 0 bridgehead atoms. The minimum atomic E-state index is -0.334. The Kier molecular flexibility index (Phi) is 5.80. The van der Waals surface area contributed by atoms with E-state index < -0.39 is 0 Å². The third kappa shape index (κ3) is 4.24. The maximum absolute atomic E-state index is 12.1.